The van der Waals surface area contributed by atoms with Gasteiger partial charge in [-0.3, -0.25) is 4.79 Å². The van der Waals surface area contributed by atoms with E-state index in [0.29, 0.717) is 6.42 Å². The molecule has 0 fully saturated rings. The van der Waals surface area contributed by atoms with Gasteiger partial charge < -0.3 is 4.90 Å². The minimum Gasteiger partial charge on any atom is -0.348 e. The first-order chi connectivity index (χ1) is 7.66. The SMILES string of the molecule is CN(C1=CC(=O)CCC1)c1cccc(F)c1. The van der Waals surface area contributed by atoms with Gasteiger partial charge in [-0.2, -0.15) is 0 Å². The van der Waals surface area contributed by atoms with Gasteiger partial charge in [-0.1, -0.05) is 6.07 Å². The number of rotatable bonds is 2. The molecule has 0 saturated heterocycles. The van der Waals surface area contributed by atoms with Gasteiger partial charge in [0.25, 0.3) is 0 Å². The lowest BCUT2D eigenvalue weighted by Crippen LogP contribution is -2.20. The van der Waals surface area contributed by atoms with Gasteiger partial charge in [-0.15, -0.1) is 0 Å². The van der Waals surface area contributed by atoms with Crippen LogP contribution in [-0.4, -0.2) is 12.8 Å². The van der Waals surface area contributed by atoms with Gasteiger partial charge in [0, 0.05) is 30.9 Å². The maximum Gasteiger partial charge on any atom is 0.157 e. The molecule has 16 heavy (non-hydrogen) atoms. The Morgan fingerprint density at radius 3 is 2.81 bits per heavy atom. The Kier molecular flexibility index (Phi) is 3.04. The Hall–Kier alpha value is -1.64. The molecule has 0 spiro atoms. The molecule has 84 valence electrons. The summed E-state index contributed by atoms with van der Waals surface area (Å²) < 4.78 is 13.1. The Bertz CT molecular complexity index is 439. The minimum atomic E-state index is -0.257. The molecule has 1 aliphatic rings. The zero-order valence-electron chi connectivity index (χ0n) is 9.24. The molecule has 1 aromatic rings. The van der Waals surface area contributed by atoms with Crippen LogP contribution in [0.4, 0.5) is 10.1 Å². The van der Waals surface area contributed by atoms with E-state index in [0.717, 1.165) is 24.2 Å². The van der Waals surface area contributed by atoms with Crippen molar-refractivity contribution < 1.29 is 9.18 Å². The van der Waals surface area contributed by atoms with Crippen molar-refractivity contribution in [2.45, 2.75) is 19.3 Å². The number of hydrogen-bond donors (Lipinski definition) is 0. The number of benzene rings is 1. The van der Waals surface area contributed by atoms with E-state index in [1.165, 1.54) is 12.1 Å². The second kappa shape index (κ2) is 4.47. The maximum absolute atomic E-state index is 13.1. The van der Waals surface area contributed by atoms with Crippen LogP contribution in [0.5, 0.6) is 0 Å². The number of carbonyl (C=O) groups is 1. The number of hydrogen-bond acceptors (Lipinski definition) is 2. The van der Waals surface area contributed by atoms with E-state index in [2.05, 4.69) is 0 Å². The van der Waals surface area contributed by atoms with Crippen LogP contribution < -0.4 is 4.90 Å². The lowest BCUT2D eigenvalue weighted by Gasteiger charge is -2.24. The summed E-state index contributed by atoms with van der Waals surface area (Å²) in [5, 5.41) is 0. The summed E-state index contributed by atoms with van der Waals surface area (Å²) in [6, 6.07) is 6.40. The summed E-state index contributed by atoms with van der Waals surface area (Å²) in [5.74, 6) is -0.100. The molecule has 0 heterocycles. The van der Waals surface area contributed by atoms with E-state index in [1.807, 2.05) is 18.0 Å². The predicted molar refractivity (Wildman–Crippen MR) is 61.7 cm³/mol. The van der Waals surface area contributed by atoms with Crippen LogP contribution in [-0.2, 0) is 4.79 Å². The molecule has 0 bridgehead atoms. The standard InChI is InChI=1S/C13H14FNO/c1-15(11-5-2-4-10(14)8-11)12-6-3-7-13(16)9-12/h2,4-5,8-9H,3,6-7H2,1H3. The minimum absolute atomic E-state index is 0.157. The van der Waals surface area contributed by atoms with Crippen LogP contribution >= 0.6 is 0 Å². The average molecular weight is 219 g/mol. The molecule has 0 radical (unpaired) electrons. The van der Waals surface area contributed by atoms with Crippen molar-refractivity contribution in [3.63, 3.8) is 0 Å². The van der Waals surface area contributed by atoms with Gasteiger partial charge in [0.2, 0.25) is 0 Å². The zero-order valence-corrected chi connectivity index (χ0v) is 9.24. The molecule has 0 aliphatic heterocycles. The van der Waals surface area contributed by atoms with E-state index >= 15 is 0 Å². The van der Waals surface area contributed by atoms with Gasteiger partial charge in [0.05, 0.1) is 0 Å². The van der Waals surface area contributed by atoms with E-state index in [4.69, 9.17) is 0 Å². The summed E-state index contributed by atoms with van der Waals surface area (Å²) in [6.45, 7) is 0. The summed E-state index contributed by atoms with van der Waals surface area (Å²) in [5.41, 5.74) is 1.74. The summed E-state index contributed by atoms with van der Waals surface area (Å²) >= 11 is 0. The number of carbonyl (C=O) groups excluding carboxylic acids is 1. The molecule has 3 heteroatoms. The fourth-order valence-electron chi connectivity index (χ4n) is 1.89. The normalized spacial score (nSPS) is 15.9. The molecule has 2 rings (SSSR count). The van der Waals surface area contributed by atoms with E-state index in [-0.39, 0.29) is 11.6 Å². The van der Waals surface area contributed by atoms with Crippen molar-refractivity contribution in [1.82, 2.24) is 0 Å². The topological polar surface area (TPSA) is 20.3 Å². The third-order valence-corrected chi connectivity index (χ3v) is 2.81. The zero-order chi connectivity index (χ0) is 11.5. The fraction of sp³-hybridized carbons (Fsp3) is 0.308. The van der Waals surface area contributed by atoms with Crippen LogP contribution in [0.15, 0.2) is 36.0 Å². The van der Waals surface area contributed by atoms with E-state index in [9.17, 15) is 9.18 Å². The summed E-state index contributed by atoms with van der Waals surface area (Å²) in [4.78, 5) is 13.2. The van der Waals surface area contributed by atoms with Crippen LogP contribution in [0.3, 0.4) is 0 Å². The number of halogens is 1. The Labute approximate surface area is 94.4 Å². The molecule has 1 aliphatic carbocycles. The van der Waals surface area contributed by atoms with Gasteiger partial charge in [0.15, 0.2) is 5.78 Å². The molecule has 0 aromatic heterocycles. The summed E-state index contributed by atoms with van der Waals surface area (Å²) in [7, 11) is 1.86. The number of nitrogens with zero attached hydrogens (tertiary/aromatic N) is 1. The first-order valence-electron chi connectivity index (χ1n) is 5.39. The maximum atomic E-state index is 13.1. The second-order valence-electron chi connectivity index (χ2n) is 3.99. The number of anilines is 1. The van der Waals surface area contributed by atoms with Gasteiger partial charge >= 0.3 is 0 Å². The van der Waals surface area contributed by atoms with Crippen molar-refractivity contribution in [3.05, 3.63) is 41.9 Å². The highest BCUT2D eigenvalue weighted by Gasteiger charge is 2.14. The highest BCUT2D eigenvalue weighted by molar-refractivity contribution is 5.91. The first-order valence-corrected chi connectivity index (χ1v) is 5.39. The number of ketones is 1. The average Bonchev–Trinajstić information content (AvgIpc) is 2.28. The lowest BCUT2D eigenvalue weighted by atomic mass is 10.0. The highest BCUT2D eigenvalue weighted by atomic mass is 19.1. The fourth-order valence-corrected chi connectivity index (χ4v) is 1.89. The quantitative estimate of drug-likeness (QED) is 0.762. The van der Waals surface area contributed by atoms with Crippen molar-refractivity contribution in [3.8, 4) is 0 Å². The molecular formula is C13H14FNO. The van der Waals surface area contributed by atoms with Gasteiger partial charge in [0.1, 0.15) is 5.82 Å². The number of allylic oxidation sites excluding steroid dienone is 2. The van der Waals surface area contributed by atoms with Crippen molar-refractivity contribution in [2.75, 3.05) is 11.9 Å². The molecule has 0 saturated carbocycles. The predicted octanol–water partition coefficient (Wildman–Crippen LogP) is 2.90. The van der Waals surface area contributed by atoms with Crippen molar-refractivity contribution >= 4 is 11.5 Å². The summed E-state index contributed by atoms with van der Waals surface area (Å²) in [6.07, 6.45) is 4.04. The molecule has 0 amide bonds. The Morgan fingerprint density at radius 1 is 1.31 bits per heavy atom. The molecule has 0 atom stereocenters. The van der Waals surface area contributed by atoms with Gasteiger partial charge in [-0.25, -0.2) is 4.39 Å². The highest BCUT2D eigenvalue weighted by Crippen LogP contribution is 2.24. The Balaban J connectivity index is 2.25. The third kappa shape index (κ3) is 2.30. The van der Waals surface area contributed by atoms with Crippen LogP contribution in [0.25, 0.3) is 0 Å². The second-order valence-corrected chi connectivity index (χ2v) is 3.99. The molecule has 2 nitrogen and oxygen atoms in total. The molecule has 0 N–H and O–H groups in total. The van der Waals surface area contributed by atoms with Crippen LogP contribution in [0.1, 0.15) is 19.3 Å². The van der Waals surface area contributed by atoms with E-state index in [1.54, 1.807) is 12.1 Å². The smallest absolute Gasteiger partial charge is 0.157 e. The largest absolute Gasteiger partial charge is 0.348 e. The molecule has 1 aromatic carbocycles. The third-order valence-electron chi connectivity index (χ3n) is 2.81. The monoisotopic (exact) mass is 219 g/mol. The van der Waals surface area contributed by atoms with Gasteiger partial charge in [-0.05, 0) is 31.0 Å². The van der Waals surface area contributed by atoms with Crippen LogP contribution in [0, 0.1) is 5.82 Å². The Morgan fingerprint density at radius 2 is 2.12 bits per heavy atom. The van der Waals surface area contributed by atoms with Crippen LogP contribution in [0.2, 0.25) is 0 Å². The van der Waals surface area contributed by atoms with Crippen molar-refractivity contribution in [2.24, 2.45) is 0 Å². The lowest BCUT2D eigenvalue weighted by molar-refractivity contribution is -0.115. The molecular weight excluding hydrogens is 205 g/mol. The van der Waals surface area contributed by atoms with E-state index < -0.39 is 0 Å². The van der Waals surface area contributed by atoms with Crippen molar-refractivity contribution in [1.29, 1.82) is 0 Å². The molecule has 0 unspecified atom stereocenters. The first kappa shape index (κ1) is 10.9.